The molecule has 1 aromatic heterocycles. The molecule has 1 amide bonds. The van der Waals surface area contributed by atoms with Gasteiger partial charge in [0.05, 0.1) is 11.6 Å². The van der Waals surface area contributed by atoms with E-state index in [1.807, 2.05) is 17.9 Å². The van der Waals surface area contributed by atoms with Gasteiger partial charge in [-0.1, -0.05) is 17.7 Å². The molecule has 1 fully saturated rings. The third-order valence-electron chi connectivity index (χ3n) is 5.43. The summed E-state index contributed by atoms with van der Waals surface area (Å²) in [5.41, 5.74) is 1.82. The van der Waals surface area contributed by atoms with Gasteiger partial charge in [0.15, 0.2) is 0 Å². The monoisotopic (exact) mass is 440 g/mol. The number of carbonyl (C=O) groups excluding carboxylic acids is 1. The van der Waals surface area contributed by atoms with Crippen LogP contribution in [0.1, 0.15) is 18.4 Å². The zero-order valence-corrected chi connectivity index (χ0v) is 17.8. The van der Waals surface area contributed by atoms with Crippen molar-refractivity contribution in [1.29, 1.82) is 0 Å². The zero-order chi connectivity index (χ0) is 22.0. The normalized spacial score (nSPS) is 16.2. The third-order valence-corrected chi connectivity index (χ3v) is 5.67. The Hall–Kier alpha value is -3.19. The topological polar surface area (TPSA) is 67.2 Å². The number of nitrogens with one attached hydrogen (secondary N) is 1. The first kappa shape index (κ1) is 21.1. The van der Waals surface area contributed by atoms with Crippen LogP contribution in [0, 0.1) is 18.7 Å². The fourth-order valence-corrected chi connectivity index (χ4v) is 3.87. The van der Waals surface area contributed by atoms with Crippen LogP contribution in [0.15, 0.2) is 59.4 Å². The van der Waals surface area contributed by atoms with Crippen molar-refractivity contribution in [2.75, 3.05) is 23.3 Å². The van der Waals surface area contributed by atoms with Crippen molar-refractivity contribution < 1.29 is 9.18 Å². The average molecular weight is 441 g/mol. The summed E-state index contributed by atoms with van der Waals surface area (Å²) in [6, 6.07) is 14.1. The molecule has 2 heterocycles. The highest BCUT2D eigenvalue weighted by Gasteiger charge is 2.27. The second-order valence-electron chi connectivity index (χ2n) is 7.65. The summed E-state index contributed by atoms with van der Waals surface area (Å²) in [4.78, 5) is 27.2. The first-order chi connectivity index (χ1) is 14.9. The van der Waals surface area contributed by atoms with Gasteiger partial charge in [0.25, 0.3) is 5.56 Å². The number of rotatable bonds is 4. The molecule has 0 bridgehead atoms. The fraction of sp³-hybridized carbons (Fsp3) is 0.261. The summed E-state index contributed by atoms with van der Waals surface area (Å²) >= 11 is 6.06. The molecule has 2 aromatic carbocycles. The SMILES string of the molecule is Cc1ccc(Cl)cc1NC(=O)C1CCCN(c2ccc(=O)n(-c3ccc(F)cc3)n2)C1. The Kier molecular flexibility index (Phi) is 6.04. The van der Waals surface area contributed by atoms with Gasteiger partial charge >= 0.3 is 0 Å². The number of benzene rings is 2. The number of aromatic nitrogens is 2. The summed E-state index contributed by atoms with van der Waals surface area (Å²) in [6.07, 6.45) is 1.59. The van der Waals surface area contributed by atoms with E-state index < -0.39 is 0 Å². The van der Waals surface area contributed by atoms with Gasteiger partial charge in [-0.25, -0.2) is 4.39 Å². The van der Waals surface area contributed by atoms with Crippen LogP contribution in [-0.2, 0) is 4.79 Å². The molecular formula is C23H22ClFN4O2. The van der Waals surface area contributed by atoms with Gasteiger partial charge in [0.1, 0.15) is 11.6 Å². The van der Waals surface area contributed by atoms with Crippen LogP contribution in [0.4, 0.5) is 15.9 Å². The molecule has 160 valence electrons. The number of piperidine rings is 1. The molecule has 1 atom stereocenters. The number of hydrogen-bond donors (Lipinski definition) is 1. The van der Waals surface area contributed by atoms with Crippen LogP contribution in [-0.4, -0.2) is 28.8 Å². The smallest absolute Gasteiger partial charge is 0.271 e. The van der Waals surface area contributed by atoms with Gasteiger partial charge in [-0.2, -0.15) is 4.68 Å². The molecular weight excluding hydrogens is 419 g/mol. The minimum Gasteiger partial charge on any atom is -0.354 e. The van der Waals surface area contributed by atoms with Crippen LogP contribution < -0.4 is 15.8 Å². The van der Waals surface area contributed by atoms with Crippen molar-refractivity contribution in [3.8, 4) is 5.69 Å². The quantitative estimate of drug-likeness (QED) is 0.660. The number of hydrogen-bond acceptors (Lipinski definition) is 4. The molecule has 3 aromatic rings. The summed E-state index contributed by atoms with van der Waals surface area (Å²) in [6.45, 7) is 3.14. The van der Waals surface area contributed by atoms with Crippen LogP contribution >= 0.6 is 11.6 Å². The predicted octanol–water partition coefficient (Wildman–Crippen LogP) is 4.19. The maximum atomic E-state index is 13.2. The Morgan fingerprint density at radius 3 is 2.71 bits per heavy atom. The van der Waals surface area contributed by atoms with E-state index in [0.29, 0.717) is 28.8 Å². The summed E-state index contributed by atoms with van der Waals surface area (Å²) in [5, 5.41) is 8.01. The first-order valence-corrected chi connectivity index (χ1v) is 10.5. The zero-order valence-electron chi connectivity index (χ0n) is 17.0. The highest BCUT2D eigenvalue weighted by molar-refractivity contribution is 6.31. The first-order valence-electron chi connectivity index (χ1n) is 10.1. The van der Waals surface area contributed by atoms with E-state index in [9.17, 15) is 14.0 Å². The Bertz CT molecular complexity index is 1160. The molecule has 0 radical (unpaired) electrons. The van der Waals surface area contributed by atoms with Crippen molar-refractivity contribution in [3.63, 3.8) is 0 Å². The Labute approximate surface area is 184 Å². The van der Waals surface area contributed by atoms with E-state index in [0.717, 1.165) is 24.9 Å². The maximum absolute atomic E-state index is 13.2. The van der Waals surface area contributed by atoms with Crippen molar-refractivity contribution in [2.24, 2.45) is 5.92 Å². The summed E-state index contributed by atoms with van der Waals surface area (Å²) in [7, 11) is 0. The molecule has 0 aliphatic carbocycles. The van der Waals surface area contributed by atoms with Crippen LogP contribution in [0.3, 0.4) is 0 Å². The van der Waals surface area contributed by atoms with Crippen LogP contribution in [0.5, 0.6) is 0 Å². The number of halogens is 2. The minimum absolute atomic E-state index is 0.0677. The van der Waals surface area contributed by atoms with E-state index in [-0.39, 0.29) is 23.2 Å². The molecule has 1 aliphatic rings. The third kappa shape index (κ3) is 4.77. The van der Waals surface area contributed by atoms with E-state index in [4.69, 9.17) is 11.6 Å². The summed E-state index contributed by atoms with van der Waals surface area (Å²) in [5.74, 6) is -0.0739. The highest BCUT2D eigenvalue weighted by atomic mass is 35.5. The Morgan fingerprint density at radius 2 is 1.94 bits per heavy atom. The van der Waals surface area contributed by atoms with Crippen LogP contribution in [0.25, 0.3) is 5.69 Å². The summed E-state index contributed by atoms with van der Waals surface area (Å²) < 4.78 is 14.5. The Morgan fingerprint density at radius 1 is 1.16 bits per heavy atom. The van der Waals surface area contributed by atoms with Gasteiger partial charge in [-0.05, 0) is 67.8 Å². The van der Waals surface area contributed by atoms with Crippen molar-refractivity contribution in [3.05, 3.63) is 81.4 Å². The van der Waals surface area contributed by atoms with Crippen molar-refractivity contribution in [2.45, 2.75) is 19.8 Å². The molecule has 8 heteroatoms. The van der Waals surface area contributed by atoms with Gasteiger partial charge in [-0.15, -0.1) is 5.10 Å². The lowest BCUT2D eigenvalue weighted by Gasteiger charge is -2.33. The molecule has 1 aliphatic heterocycles. The predicted molar refractivity (Wildman–Crippen MR) is 120 cm³/mol. The lowest BCUT2D eigenvalue weighted by Crippen LogP contribution is -2.41. The number of nitrogens with zero attached hydrogens (tertiary/aromatic N) is 3. The lowest BCUT2D eigenvalue weighted by molar-refractivity contribution is -0.120. The standard InChI is InChI=1S/C23H22ClFN4O2/c1-15-4-5-17(24)13-20(15)26-23(31)16-3-2-12-28(14-16)21-10-11-22(30)29(27-21)19-8-6-18(25)7-9-19/h4-11,13,16H,2-3,12,14H2,1H3,(H,26,31). The molecule has 31 heavy (non-hydrogen) atoms. The van der Waals surface area contributed by atoms with Gasteiger partial charge in [0.2, 0.25) is 5.91 Å². The maximum Gasteiger partial charge on any atom is 0.271 e. The molecule has 0 spiro atoms. The van der Waals surface area contributed by atoms with E-state index in [1.54, 1.807) is 18.2 Å². The second-order valence-corrected chi connectivity index (χ2v) is 8.09. The molecule has 1 saturated heterocycles. The minimum atomic E-state index is -0.382. The van der Waals surface area contributed by atoms with Crippen molar-refractivity contribution in [1.82, 2.24) is 9.78 Å². The average Bonchev–Trinajstić information content (AvgIpc) is 2.77. The van der Waals surface area contributed by atoms with Gasteiger partial charge < -0.3 is 10.2 Å². The van der Waals surface area contributed by atoms with E-state index in [1.165, 1.54) is 35.0 Å². The Balaban J connectivity index is 1.52. The number of anilines is 2. The number of amides is 1. The van der Waals surface area contributed by atoms with Gasteiger partial charge in [0, 0.05) is 29.9 Å². The molecule has 1 unspecified atom stereocenters. The second kappa shape index (κ2) is 8.89. The number of carbonyl (C=O) groups is 1. The largest absolute Gasteiger partial charge is 0.354 e. The number of aryl methyl sites for hydroxylation is 1. The molecule has 6 nitrogen and oxygen atoms in total. The lowest BCUT2D eigenvalue weighted by atomic mass is 9.97. The highest BCUT2D eigenvalue weighted by Crippen LogP contribution is 2.25. The van der Waals surface area contributed by atoms with E-state index in [2.05, 4.69) is 10.4 Å². The van der Waals surface area contributed by atoms with Crippen molar-refractivity contribution >= 4 is 29.0 Å². The molecule has 0 saturated carbocycles. The molecule has 1 N–H and O–H groups in total. The molecule has 4 rings (SSSR count). The fourth-order valence-electron chi connectivity index (χ4n) is 3.70. The van der Waals surface area contributed by atoms with Crippen LogP contribution in [0.2, 0.25) is 5.02 Å². The van der Waals surface area contributed by atoms with E-state index >= 15 is 0 Å². The van der Waals surface area contributed by atoms with Gasteiger partial charge in [-0.3, -0.25) is 9.59 Å².